The predicted molar refractivity (Wildman–Crippen MR) is 77.8 cm³/mol. The van der Waals surface area contributed by atoms with Crippen molar-refractivity contribution in [3.05, 3.63) is 11.6 Å². The smallest absolute Gasteiger partial charge is 0.302 e. The van der Waals surface area contributed by atoms with Crippen molar-refractivity contribution in [2.45, 2.75) is 71.8 Å². The van der Waals surface area contributed by atoms with Crippen LogP contribution in [-0.4, -0.2) is 12.1 Å². The lowest BCUT2D eigenvalue weighted by Crippen LogP contribution is -2.25. The highest BCUT2D eigenvalue weighted by molar-refractivity contribution is 5.66. The van der Waals surface area contributed by atoms with E-state index < -0.39 is 0 Å². The monoisotopic (exact) mass is 264 g/mol. The molecule has 2 nitrogen and oxygen atoms in total. The van der Waals surface area contributed by atoms with E-state index in [2.05, 4.69) is 19.9 Å². The number of carbonyl (C=O) groups excluding carboxylic acids is 1. The van der Waals surface area contributed by atoms with Gasteiger partial charge in [0, 0.05) is 6.92 Å². The minimum atomic E-state index is -0.110. The molecule has 0 saturated heterocycles. The van der Waals surface area contributed by atoms with Gasteiger partial charge in [-0.25, -0.2) is 0 Å². The van der Waals surface area contributed by atoms with Gasteiger partial charge in [0.1, 0.15) is 6.10 Å². The number of carbonyl (C=O) groups is 1. The summed E-state index contributed by atoms with van der Waals surface area (Å²) in [6, 6.07) is 0. The largest absolute Gasteiger partial charge is 0.462 e. The molecule has 0 aromatic heterocycles. The van der Waals surface area contributed by atoms with Gasteiger partial charge in [-0.1, -0.05) is 18.6 Å². The summed E-state index contributed by atoms with van der Waals surface area (Å²) in [5.41, 5.74) is 1.56. The number of esters is 1. The van der Waals surface area contributed by atoms with Gasteiger partial charge in [-0.2, -0.15) is 0 Å². The molecule has 2 aliphatic carbocycles. The van der Waals surface area contributed by atoms with Crippen molar-refractivity contribution in [3.8, 4) is 0 Å². The summed E-state index contributed by atoms with van der Waals surface area (Å²) < 4.78 is 5.48. The number of hydrogen-bond acceptors (Lipinski definition) is 2. The summed E-state index contributed by atoms with van der Waals surface area (Å²) in [6.45, 7) is 6.17. The van der Waals surface area contributed by atoms with Crippen LogP contribution in [-0.2, 0) is 9.53 Å². The lowest BCUT2D eigenvalue weighted by Gasteiger charge is -2.30. The molecule has 0 heterocycles. The molecule has 19 heavy (non-hydrogen) atoms. The molecular weight excluding hydrogens is 236 g/mol. The average molecular weight is 264 g/mol. The van der Waals surface area contributed by atoms with Gasteiger partial charge in [-0.05, 0) is 69.6 Å². The SMILES string of the molecule is CC(=O)O[C@H]1CCC[C@H]1C[C@@H](C)C1CC=C(C)CC1. The Bertz CT molecular complexity index is 345. The minimum Gasteiger partial charge on any atom is -0.462 e. The Kier molecular flexibility index (Phi) is 5.06. The number of rotatable bonds is 4. The molecular formula is C17H28O2. The van der Waals surface area contributed by atoms with Gasteiger partial charge in [-0.15, -0.1) is 0 Å². The normalized spacial score (nSPS) is 32.8. The molecule has 0 spiro atoms. The van der Waals surface area contributed by atoms with Crippen molar-refractivity contribution in [2.75, 3.05) is 0 Å². The summed E-state index contributed by atoms with van der Waals surface area (Å²) in [4.78, 5) is 11.1. The summed E-state index contributed by atoms with van der Waals surface area (Å²) in [5.74, 6) is 2.08. The maximum atomic E-state index is 11.1. The Labute approximate surface area is 117 Å². The third-order valence-corrected chi connectivity index (χ3v) is 5.06. The van der Waals surface area contributed by atoms with Gasteiger partial charge in [-0.3, -0.25) is 4.79 Å². The first-order valence-electron chi connectivity index (χ1n) is 7.89. The lowest BCUT2D eigenvalue weighted by atomic mass is 9.77. The molecule has 1 fully saturated rings. The van der Waals surface area contributed by atoms with E-state index in [1.54, 1.807) is 5.57 Å². The molecule has 0 aromatic rings. The van der Waals surface area contributed by atoms with Gasteiger partial charge in [0.15, 0.2) is 0 Å². The van der Waals surface area contributed by atoms with Crippen molar-refractivity contribution >= 4 is 5.97 Å². The van der Waals surface area contributed by atoms with Crippen LogP contribution < -0.4 is 0 Å². The van der Waals surface area contributed by atoms with Crippen LogP contribution in [0.25, 0.3) is 0 Å². The Morgan fingerprint density at radius 3 is 2.84 bits per heavy atom. The first-order chi connectivity index (χ1) is 9.06. The summed E-state index contributed by atoms with van der Waals surface area (Å²) in [7, 11) is 0. The minimum absolute atomic E-state index is 0.110. The molecule has 0 bridgehead atoms. The van der Waals surface area contributed by atoms with E-state index in [1.807, 2.05) is 0 Å². The standard InChI is InChI=1S/C17H28O2/c1-12-7-9-15(10-8-12)13(2)11-16-5-4-6-17(16)19-14(3)18/h7,13,15-17H,4-6,8-11H2,1-3H3/t13-,15?,16+,17+/m1/s1. The zero-order chi connectivity index (χ0) is 13.8. The third-order valence-electron chi connectivity index (χ3n) is 5.06. The van der Waals surface area contributed by atoms with E-state index in [4.69, 9.17) is 4.74 Å². The second-order valence-corrected chi connectivity index (χ2v) is 6.64. The van der Waals surface area contributed by atoms with Gasteiger partial charge in [0.25, 0.3) is 0 Å². The zero-order valence-corrected chi connectivity index (χ0v) is 12.7. The Hall–Kier alpha value is -0.790. The molecule has 0 aromatic carbocycles. The molecule has 2 aliphatic rings. The molecule has 108 valence electrons. The highest BCUT2D eigenvalue weighted by Crippen LogP contribution is 2.38. The molecule has 1 unspecified atom stereocenters. The number of hydrogen-bond donors (Lipinski definition) is 0. The molecule has 0 aliphatic heterocycles. The van der Waals surface area contributed by atoms with E-state index in [9.17, 15) is 4.79 Å². The van der Waals surface area contributed by atoms with Gasteiger partial charge < -0.3 is 4.74 Å². The molecule has 2 heteroatoms. The van der Waals surface area contributed by atoms with E-state index in [0.29, 0.717) is 5.92 Å². The van der Waals surface area contributed by atoms with E-state index in [-0.39, 0.29) is 12.1 Å². The zero-order valence-electron chi connectivity index (χ0n) is 12.7. The average Bonchev–Trinajstić information content (AvgIpc) is 2.76. The van der Waals surface area contributed by atoms with Crippen LogP contribution in [0, 0.1) is 17.8 Å². The summed E-state index contributed by atoms with van der Waals surface area (Å²) in [5, 5.41) is 0. The van der Waals surface area contributed by atoms with Crippen molar-refractivity contribution in [2.24, 2.45) is 17.8 Å². The molecule has 0 N–H and O–H groups in total. The highest BCUT2D eigenvalue weighted by atomic mass is 16.5. The van der Waals surface area contributed by atoms with E-state index in [0.717, 1.165) is 18.3 Å². The second-order valence-electron chi connectivity index (χ2n) is 6.64. The van der Waals surface area contributed by atoms with Crippen molar-refractivity contribution in [3.63, 3.8) is 0 Å². The Morgan fingerprint density at radius 2 is 2.21 bits per heavy atom. The van der Waals surface area contributed by atoms with Crippen molar-refractivity contribution in [1.82, 2.24) is 0 Å². The lowest BCUT2D eigenvalue weighted by molar-refractivity contribution is -0.148. The fraction of sp³-hybridized carbons (Fsp3) is 0.824. The fourth-order valence-corrected chi connectivity index (χ4v) is 3.81. The number of allylic oxidation sites excluding steroid dienone is 2. The van der Waals surface area contributed by atoms with Gasteiger partial charge >= 0.3 is 5.97 Å². The fourth-order valence-electron chi connectivity index (χ4n) is 3.81. The molecule has 0 amide bonds. The van der Waals surface area contributed by atoms with Crippen LogP contribution in [0.5, 0.6) is 0 Å². The van der Waals surface area contributed by atoms with Crippen molar-refractivity contribution < 1.29 is 9.53 Å². The topological polar surface area (TPSA) is 26.3 Å². The maximum absolute atomic E-state index is 11.1. The first-order valence-corrected chi connectivity index (χ1v) is 7.89. The second kappa shape index (κ2) is 6.58. The number of ether oxygens (including phenoxy) is 1. The van der Waals surface area contributed by atoms with Gasteiger partial charge in [0.05, 0.1) is 0 Å². The van der Waals surface area contributed by atoms with E-state index in [1.165, 1.54) is 45.4 Å². The first kappa shape index (κ1) is 14.6. The van der Waals surface area contributed by atoms with Crippen LogP contribution >= 0.6 is 0 Å². The van der Waals surface area contributed by atoms with Gasteiger partial charge in [0.2, 0.25) is 0 Å². The van der Waals surface area contributed by atoms with Crippen LogP contribution in [0.1, 0.15) is 65.7 Å². The molecule has 2 rings (SSSR count). The summed E-state index contributed by atoms with van der Waals surface area (Å²) in [6.07, 6.45) is 11.2. The third kappa shape index (κ3) is 4.09. The van der Waals surface area contributed by atoms with Crippen LogP contribution in [0.3, 0.4) is 0 Å². The highest BCUT2D eigenvalue weighted by Gasteiger charge is 2.32. The Morgan fingerprint density at radius 1 is 1.42 bits per heavy atom. The van der Waals surface area contributed by atoms with E-state index >= 15 is 0 Å². The quantitative estimate of drug-likeness (QED) is 0.552. The van der Waals surface area contributed by atoms with Crippen LogP contribution in [0.2, 0.25) is 0 Å². The predicted octanol–water partition coefficient (Wildman–Crippen LogP) is 4.49. The van der Waals surface area contributed by atoms with Crippen molar-refractivity contribution in [1.29, 1.82) is 0 Å². The van der Waals surface area contributed by atoms with Crippen LogP contribution in [0.4, 0.5) is 0 Å². The Balaban J connectivity index is 1.84. The molecule has 4 atom stereocenters. The maximum Gasteiger partial charge on any atom is 0.302 e. The molecule has 0 radical (unpaired) electrons. The van der Waals surface area contributed by atoms with Crippen LogP contribution in [0.15, 0.2) is 11.6 Å². The molecule has 1 saturated carbocycles. The summed E-state index contributed by atoms with van der Waals surface area (Å²) >= 11 is 0.